The zero-order valence-corrected chi connectivity index (χ0v) is 12.8. The monoisotopic (exact) mass is 305 g/mol. The van der Waals surface area contributed by atoms with Crippen molar-refractivity contribution in [2.45, 2.75) is 18.9 Å². The third-order valence-electron chi connectivity index (χ3n) is 3.85. The Bertz CT molecular complexity index is 766. The first-order chi connectivity index (χ1) is 11.2. The SMILES string of the molecule is N[C@@H](Cc1ccccc1)C(=O)Cc1cccc(-c2cn[nH]c2)c1. The molecule has 0 bridgehead atoms. The summed E-state index contributed by atoms with van der Waals surface area (Å²) in [5.74, 6) is 0.0539. The summed E-state index contributed by atoms with van der Waals surface area (Å²) in [7, 11) is 0. The van der Waals surface area contributed by atoms with Crippen LogP contribution in [0.3, 0.4) is 0 Å². The maximum atomic E-state index is 12.4. The van der Waals surface area contributed by atoms with Crippen LogP contribution in [-0.4, -0.2) is 22.0 Å². The molecule has 1 atom stereocenters. The van der Waals surface area contributed by atoms with Gasteiger partial charge in [0.15, 0.2) is 5.78 Å². The van der Waals surface area contributed by atoms with Gasteiger partial charge in [-0.25, -0.2) is 0 Å². The van der Waals surface area contributed by atoms with E-state index in [0.717, 1.165) is 22.3 Å². The Kier molecular flexibility index (Phi) is 4.64. The van der Waals surface area contributed by atoms with E-state index in [1.807, 2.05) is 60.8 Å². The minimum absolute atomic E-state index is 0.0539. The molecule has 1 heterocycles. The van der Waals surface area contributed by atoms with Gasteiger partial charge in [0.05, 0.1) is 12.2 Å². The molecule has 3 aromatic rings. The number of benzene rings is 2. The molecule has 3 N–H and O–H groups in total. The van der Waals surface area contributed by atoms with Crippen molar-refractivity contribution in [3.05, 3.63) is 78.1 Å². The second kappa shape index (κ2) is 7.03. The molecule has 0 fully saturated rings. The molecule has 0 aliphatic heterocycles. The Balaban J connectivity index is 1.67. The van der Waals surface area contributed by atoms with Crippen molar-refractivity contribution in [3.63, 3.8) is 0 Å². The fraction of sp³-hybridized carbons (Fsp3) is 0.158. The molecule has 3 rings (SSSR count). The lowest BCUT2D eigenvalue weighted by molar-refractivity contribution is -0.119. The number of hydrogen-bond acceptors (Lipinski definition) is 3. The Morgan fingerprint density at radius 1 is 1.04 bits per heavy atom. The number of nitrogens with two attached hydrogens (primary N) is 1. The molecular weight excluding hydrogens is 286 g/mol. The van der Waals surface area contributed by atoms with Gasteiger partial charge in [0.2, 0.25) is 0 Å². The predicted molar refractivity (Wildman–Crippen MR) is 90.9 cm³/mol. The van der Waals surface area contributed by atoms with Crippen LogP contribution in [0.25, 0.3) is 11.1 Å². The highest BCUT2D eigenvalue weighted by molar-refractivity contribution is 5.86. The summed E-state index contributed by atoms with van der Waals surface area (Å²) in [4.78, 5) is 12.4. The van der Waals surface area contributed by atoms with Crippen LogP contribution in [0.4, 0.5) is 0 Å². The quantitative estimate of drug-likeness (QED) is 0.735. The standard InChI is InChI=1S/C19H19N3O/c20-18(10-14-5-2-1-3-6-14)19(23)11-15-7-4-8-16(9-15)17-12-21-22-13-17/h1-9,12-13,18H,10-11,20H2,(H,21,22)/t18-/m0/s1. The normalized spacial score (nSPS) is 12.0. The van der Waals surface area contributed by atoms with Gasteiger partial charge in [-0.05, 0) is 23.1 Å². The Hall–Kier alpha value is -2.72. The van der Waals surface area contributed by atoms with E-state index < -0.39 is 6.04 Å². The van der Waals surface area contributed by atoms with E-state index in [1.165, 1.54) is 0 Å². The number of ketones is 1. The number of hydrogen-bond donors (Lipinski definition) is 2. The van der Waals surface area contributed by atoms with Gasteiger partial charge in [0.1, 0.15) is 0 Å². The highest BCUT2D eigenvalue weighted by Crippen LogP contribution is 2.19. The molecule has 4 heteroatoms. The van der Waals surface area contributed by atoms with Gasteiger partial charge >= 0.3 is 0 Å². The maximum absolute atomic E-state index is 12.4. The topological polar surface area (TPSA) is 71.8 Å². The summed E-state index contributed by atoms with van der Waals surface area (Å²) in [6.45, 7) is 0. The predicted octanol–water partition coefficient (Wildman–Crippen LogP) is 2.76. The van der Waals surface area contributed by atoms with E-state index >= 15 is 0 Å². The molecule has 0 aliphatic carbocycles. The van der Waals surface area contributed by atoms with E-state index in [2.05, 4.69) is 10.2 Å². The van der Waals surface area contributed by atoms with E-state index in [1.54, 1.807) is 6.20 Å². The van der Waals surface area contributed by atoms with Gasteiger partial charge in [-0.3, -0.25) is 9.89 Å². The van der Waals surface area contributed by atoms with Crippen LogP contribution in [0.2, 0.25) is 0 Å². The van der Waals surface area contributed by atoms with Crippen molar-refractivity contribution in [1.29, 1.82) is 0 Å². The zero-order chi connectivity index (χ0) is 16.1. The number of aromatic amines is 1. The lowest BCUT2D eigenvalue weighted by Crippen LogP contribution is -2.33. The highest BCUT2D eigenvalue weighted by Gasteiger charge is 2.15. The molecule has 1 aromatic heterocycles. The van der Waals surface area contributed by atoms with Gasteiger partial charge in [0.25, 0.3) is 0 Å². The van der Waals surface area contributed by atoms with E-state index in [4.69, 9.17) is 5.73 Å². The van der Waals surface area contributed by atoms with Crippen molar-refractivity contribution in [1.82, 2.24) is 10.2 Å². The number of rotatable bonds is 6. The van der Waals surface area contributed by atoms with Crippen molar-refractivity contribution in [2.75, 3.05) is 0 Å². The van der Waals surface area contributed by atoms with Crippen molar-refractivity contribution in [3.8, 4) is 11.1 Å². The number of carbonyl (C=O) groups is 1. The van der Waals surface area contributed by atoms with Gasteiger partial charge in [0, 0.05) is 18.2 Å². The second-order valence-electron chi connectivity index (χ2n) is 5.63. The Morgan fingerprint density at radius 2 is 1.83 bits per heavy atom. The van der Waals surface area contributed by atoms with Crippen LogP contribution < -0.4 is 5.73 Å². The first kappa shape index (κ1) is 15.2. The largest absolute Gasteiger partial charge is 0.321 e. The summed E-state index contributed by atoms with van der Waals surface area (Å²) >= 11 is 0. The van der Waals surface area contributed by atoms with Gasteiger partial charge in [-0.2, -0.15) is 5.10 Å². The summed E-state index contributed by atoms with van der Waals surface area (Å²) in [6.07, 6.45) is 4.52. The first-order valence-corrected chi connectivity index (χ1v) is 7.62. The average Bonchev–Trinajstić information content (AvgIpc) is 3.10. The Morgan fingerprint density at radius 3 is 2.57 bits per heavy atom. The number of nitrogens with one attached hydrogen (secondary N) is 1. The summed E-state index contributed by atoms with van der Waals surface area (Å²) in [5.41, 5.74) is 10.2. The molecule has 23 heavy (non-hydrogen) atoms. The minimum atomic E-state index is -0.477. The lowest BCUT2D eigenvalue weighted by Gasteiger charge is -2.11. The smallest absolute Gasteiger partial charge is 0.154 e. The summed E-state index contributed by atoms with van der Waals surface area (Å²) in [5, 5.41) is 6.75. The average molecular weight is 305 g/mol. The second-order valence-corrected chi connectivity index (χ2v) is 5.63. The zero-order valence-electron chi connectivity index (χ0n) is 12.8. The van der Waals surface area contributed by atoms with Crippen molar-refractivity contribution in [2.24, 2.45) is 5.73 Å². The summed E-state index contributed by atoms with van der Waals surface area (Å²) in [6, 6.07) is 17.3. The van der Waals surface area contributed by atoms with Gasteiger partial charge in [-0.1, -0.05) is 54.6 Å². The first-order valence-electron chi connectivity index (χ1n) is 7.62. The molecule has 0 saturated heterocycles. The number of carbonyl (C=O) groups excluding carboxylic acids is 1. The number of Topliss-reactive ketones (excluding diaryl/α,β-unsaturated/α-hetero) is 1. The van der Waals surface area contributed by atoms with E-state index in [0.29, 0.717) is 12.8 Å². The van der Waals surface area contributed by atoms with Crippen LogP contribution in [0.1, 0.15) is 11.1 Å². The molecule has 2 aromatic carbocycles. The van der Waals surface area contributed by atoms with Crippen LogP contribution in [0.15, 0.2) is 67.0 Å². The minimum Gasteiger partial charge on any atom is -0.321 e. The maximum Gasteiger partial charge on any atom is 0.154 e. The van der Waals surface area contributed by atoms with Crippen LogP contribution >= 0.6 is 0 Å². The van der Waals surface area contributed by atoms with Gasteiger partial charge < -0.3 is 5.73 Å². The van der Waals surface area contributed by atoms with E-state index in [-0.39, 0.29) is 5.78 Å². The van der Waals surface area contributed by atoms with Crippen LogP contribution in [-0.2, 0) is 17.6 Å². The molecule has 0 radical (unpaired) electrons. The molecular formula is C19H19N3O. The van der Waals surface area contributed by atoms with E-state index in [9.17, 15) is 4.79 Å². The van der Waals surface area contributed by atoms with Crippen LogP contribution in [0.5, 0.6) is 0 Å². The third kappa shape index (κ3) is 3.93. The van der Waals surface area contributed by atoms with Crippen molar-refractivity contribution >= 4 is 5.78 Å². The fourth-order valence-electron chi connectivity index (χ4n) is 2.58. The molecule has 4 nitrogen and oxygen atoms in total. The number of nitrogens with zero attached hydrogens (tertiary/aromatic N) is 1. The molecule has 0 amide bonds. The van der Waals surface area contributed by atoms with Crippen molar-refractivity contribution < 1.29 is 4.79 Å². The lowest BCUT2D eigenvalue weighted by atomic mass is 9.97. The molecule has 116 valence electrons. The fourth-order valence-corrected chi connectivity index (χ4v) is 2.58. The van der Waals surface area contributed by atoms with Crippen LogP contribution in [0, 0.1) is 0 Å². The number of H-pyrrole nitrogens is 1. The van der Waals surface area contributed by atoms with Gasteiger partial charge in [-0.15, -0.1) is 0 Å². The molecule has 0 saturated carbocycles. The number of aromatic nitrogens is 2. The Labute approximate surface area is 135 Å². The highest BCUT2D eigenvalue weighted by atomic mass is 16.1. The molecule has 0 spiro atoms. The molecule has 0 unspecified atom stereocenters. The third-order valence-corrected chi connectivity index (χ3v) is 3.85. The molecule has 0 aliphatic rings. The summed E-state index contributed by atoms with van der Waals surface area (Å²) < 4.78 is 0.